The van der Waals surface area contributed by atoms with E-state index in [9.17, 15) is 0 Å². The Balaban J connectivity index is 2.17. The Labute approximate surface area is 104 Å². The first-order valence-corrected chi connectivity index (χ1v) is 5.92. The number of anilines is 1. The SMILES string of the molecule is CC(C)(C)N1C=NN(c2ccccc2Br)N1. The molecule has 1 aromatic rings. The Hall–Kier alpha value is -1.07. The van der Waals surface area contributed by atoms with Crippen LogP contribution in [0.25, 0.3) is 0 Å². The third-order valence-electron chi connectivity index (χ3n) is 2.29. The average Bonchev–Trinajstić information content (AvgIpc) is 2.66. The van der Waals surface area contributed by atoms with E-state index in [1.54, 1.807) is 11.5 Å². The zero-order chi connectivity index (χ0) is 11.8. The van der Waals surface area contributed by atoms with Gasteiger partial charge in [0.15, 0.2) is 0 Å². The molecule has 0 saturated heterocycles. The van der Waals surface area contributed by atoms with Crippen molar-refractivity contribution in [3.8, 4) is 0 Å². The molecule has 0 fully saturated rings. The van der Waals surface area contributed by atoms with Gasteiger partial charge in [-0.15, -0.1) is 10.6 Å². The predicted octanol–water partition coefficient (Wildman–Crippen LogP) is 2.73. The highest BCUT2D eigenvalue weighted by Gasteiger charge is 2.25. The minimum Gasteiger partial charge on any atom is -0.272 e. The van der Waals surface area contributed by atoms with E-state index in [0.717, 1.165) is 10.2 Å². The van der Waals surface area contributed by atoms with Crippen molar-refractivity contribution in [2.24, 2.45) is 5.10 Å². The van der Waals surface area contributed by atoms with Gasteiger partial charge in [-0.1, -0.05) is 12.1 Å². The second kappa shape index (κ2) is 4.07. The van der Waals surface area contributed by atoms with Crippen LogP contribution in [0.3, 0.4) is 0 Å². The van der Waals surface area contributed by atoms with Gasteiger partial charge in [-0.25, -0.2) is 0 Å². The lowest BCUT2D eigenvalue weighted by Gasteiger charge is -2.31. The number of nitrogens with one attached hydrogen (secondary N) is 1. The van der Waals surface area contributed by atoms with Crippen LogP contribution in [0.15, 0.2) is 33.8 Å². The second-order valence-corrected chi connectivity index (χ2v) is 5.49. The molecule has 16 heavy (non-hydrogen) atoms. The molecule has 2 rings (SSSR count). The number of halogens is 1. The van der Waals surface area contributed by atoms with Crippen LogP contribution in [-0.4, -0.2) is 16.9 Å². The van der Waals surface area contributed by atoms with Gasteiger partial charge in [-0.3, -0.25) is 5.01 Å². The van der Waals surface area contributed by atoms with Crippen molar-refractivity contribution in [3.05, 3.63) is 28.7 Å². The quantitative estimate of drug-likeness (QED) is 0.859. The van der Waals surface area contributed by atoms with E-state index in [1.807, 2.05) is 29.3 Å². The van der Waals surface area contributed by atoms with Crippen molar-refractivity contribution in [2.45, 2.75) is 26.3 Å². The summed E-state index contributed by atoms with van der Waals surface area (Å²) in [6, 6.07) is 7.96. The number of hydrogen-bond donors (Lipinski definition) is 1. The number of hydrazine groups is 2. The number of hydrogen-bond acceptors (Lipinski definition) is 4. The monoisotopic (exact) mass is 282 g/mol. The molecule has 0 aromatic heterocycles. The van der Waals surface area contributed by atoms with E-state index < -0.39 is 0 Å². The number of hydrazone groups is 1. The van der Waals surface area contributed by atoms with Gasteiger partial charge in [-0.2, -0.15) is 5.12 Å². The summed E-state index contributed by atoms with van der Waals surface area (Å²) in [6.07, 6.45) is 1.79. The van der Waals surface area contributed by atoms with E-state index in [0.29, 0.717) is 0 Å². The fourth-order valence-corrected chi connectivity index (χ4v) is 1.77. The van der Waals surface area contributed by atoms with Crippen molar-refractivity contribution in [1.82, 2.24) is 10.5 Å². The number of para-hydroxylation sites is 1. The number of nitrogens with zero attached hydrogens (tertiary/aromatic N) is 3. The predicted molar refractivity (Wildman–Crippen MR) is 69.8 cm³/mol. The highest BCUT2D eigenvalue weighted by Crippen LogP contribution is 2.26. The van der Waals surface area contributed by atoms with Crippen LogP contribution in [0, 0.1) is 0 Å². The Morgan fingerprint density at radius 1 is 1.25 bits per heavy atom. The molecule has 5 heteroatoms. The van der Waals surface area contributed by atoms with Crippen molar-refractivity contribution in [1.29, 1.82) is 0 Å². The minimum atomic E-state index is -0.000490. The normalized spacial score (nSPS) is 16.0. The van der Waals surface area contributed by atoms with Crippen LogP contribution >= 0.6 is 15.9 Å². The van der Waals surface area contributed by atoms with Crippen molar-refractivity contribution in [3.63, 3.8) is 0 Å². The molecule has 0 atom stereocenters. The van der Waals surface area contributed by atoms with E-state index in [-0.39, 0.29) is 5.54 Å². The summed E-state index contributed by atoms with van der Waals surface area (Å²) < 4.78 is 1.01. The highest BCUT2D eigenvalue weighted by molar-refractivity contribution is 9.10. The molecule has 4 nitrogen and oxygen atoms in total. The van der Waals surface area contributed by atoms with Gasteiger partial charge in [0, 0.05) is 4.47 Å². The summed E-state index contributed by atoms with van der Waals surface area (Å²) >= 11 is 3.50. The molecular formula is C11H15BrN4. The van der Waals surface area contributed by atoms with Gasteiger partial charge >= 0.3 is 0 Å². The Bertz CT molecular complexity index is 411. The van der Waals surface area contributed by atoms with Crippen LogP contribution in [-0.2, 0) is 0 Å². The smallest absolute Gasteiger partial charge is 0.129 e. The third-order valence-corrected chi connectivity index (χ3v) is 2.96. The van der Waals surface area contributed by atoms with Gasteiger partial charge < -0.3 is 0 Å². The van der Waals surface area contributed by atoms with Gasteiger partial charge in [0.05, 0.1) is 11.2 Å². The van der Waals surface area contributed by atoms with Gasteiger partial charge in [-0.05, 0) is 48.8 Å². The van der Waals surface area contributed by atoms with E-state index >= 15 is 0 Å². The van der Waals surface area contributed by atoms with E-state index in [4.69, 9.17) is 0 Å². The molecular weight excluding hydrogens is 268 g/mol. The summed E-state index contributed by atoms with van der Waals surface area (Å²) in [5.41, 5.74) is 4.19. The van der Waals surface area contributed by atoms with Crippen molar-refractivity contribution in [2.75, 3.05) is 5.12 Å². The molecule has 0 aliphatic carbocycles. The molecule has 86 valence electrons. The van der Waals surface area contributed by atoms with E-state index in [1.165, 1.54) is 0 Å². The summed E-state index contributed by atoms with van der Waals surface area (Å²) in [6.45, 7) is 6.36. The summed E-state index contributed by atoms with van der Waals surface area (Å²) in [5.74, 6) is 0. The van der Waals surface area contributed by atoms with Crippen molar-refractivity contribution >= 4 is 28.0 Å². The van der Waals surface area contributed by atoms with E-state index in [2.05, 4.69) is 47.3 Å². The summed E-state index contributed by atoms with van der Waals surface area (Å²) in [5, 5.41) is 8.02. The molecule has 1 heterocycles. The lowest BCUT2D eigenvalue weighted by Crippen LogP contribution is -2.50. The summed E-state index contributed by atoms with van der Waals surface area (Å²) in [7, 11) is 0. The Kier molecular flexibility index (Phi) is 2.90. The molecule has 1 N–H and O–H groups in total. The van der Waals surface area contributed by atoms with Gasteiger partial charge in [0.2, 0.25) is 0 Å². The topological polar surface area (TPSA) is 30.9 Å². The van der Waals surface area contributed by atoms with Crippen LogP contribution in [0.4, 0.5) is 5.69 Å². The maximum atomic E-state index is 4.31. The molecule has 0 amide bonds. The zero-order valence-electron chi connectivity index (χ0n) is 9.61. The standard InChI is InChI=1S/C11H15BrN4/c1-11(2,3)15-8-13-16(14-15)10-7-5-4-6-9(10)12/h4-8,14H,1-3H3. The largest absolute Gasteiger partial charge is 0.272 e. The first-order valence-electron chi connectivity index (χ1n) is 5.13. The Morgan fingerprint density at radius 2 is 1.94 bits per heavy atom. The van der Waals surface area contributed by atoms with Gasteiger partial charge in [0.25, 0.3) is 0 Å². The lowest BCUT2D eigenvalue weighted by atomic mass is 10.1. The fourth-order valence-electron chi connectivity index (χ4n) is 1.32. The molecule has 0 bridgehead atoms. The third kappa shape index (κ3) is 2.20. The Morgan fingerprint density at radius 3 is 2.50 bits per heavy atom. The lowest BCUT2D eigenvalue weighted by molar-refractivity contribution is 0.185. The molecule has 0 radical (unpaired) electrons. The van der Waals surface area contributed by atoms with Crippen LogP contribution in [0.5, 0.6) is 0 Å². The van der Waals surface area contributed by atoms with Crippen LogP contribution in [0.2, 0.25) is 0 Å². The second-order valence-electron chi connectivity index (χ2n) is 4.63. The molecule has 0 unspecified atom stereocenters. The first kappa shape index (κ1) is 11.4. The number of rotatable bonds is 1. The minimum absolute atomic E-state index is 0.000490. The van der Waals surface area contributed by atoms with Crippen molar-refractivity contribution < 1.29 is 0 Å². The molecule has 1 aliphatic rings. The maximum absolute atomic E-state index is 4.31. The molecule has 0 saturated carbocycles. The first-order chi connectivity index (χ1) is 7.48. The highest BCUT2D eigenvalue weighted by atomic mass is 79.9. The molecule has 1 aromatic carbocycles. The molecule has 0 spiro atoms. The average molecular weight is 283 g/mol. The number of benzene rings is 1. The maximum Gasteiger partial charge on any atom is 0.129 e. The van der Waals surface area contributed by atoms with Gasteiger partial charge in [0.1, 0.15) is 6.34 Å². The molecule has 1 aliphatic heterocycles. The zero-order valence-corrected chi connectivity index (χ0v) is 11.2. The fraction of sp³-hybridized carbons (Fsp3) is 0.364. The van der Waals surface area contributed by atoms with Crippen LogP contribution < -0.4 is 10.7 Å². The summed E-state index contributed by atoms with van der Waals surface area (Å²) in [4.78, 5) is 0. The van der Waals surface area contributed by atoms with Crippen LogP contribution in [0.1, 0.15) is 20.8 Å².